The first-order valence-corrected chi connectivity index (χ1v) is 8.16. The van der Waals surface area contributed by atoms with Gasteiger partial charge < -0.3 is 10.2 Å². The van der Waals surface area contributed by atoms with Crippen LogP contribution in [0.4, 0.5) is 0 Å². The van der Waals surface area contributed by atoms with Gasteiger partial charge in [-0.3, -0.25) is 4.79 Å². The van der Waals surface area contributed by atoms with Crippen LogP contribution in [0.5, 0.6) is 0 Å². The van der Waals surface area contributed by atoms with E-state index in [1.807, 2.05) is 71.9 Å². The number of carbonyl (C=O) groups is 1. The molecule has 1 aliphatic carbocycles. The van der Waals surface area contributed by atoms with Gasteiger partial charge in [0, 0.05) is 5.92 Å². The average Bonchev–Trinajstić information content (AvgIpc) is 2.96. The lowest BCUT2D eigenvalue weighted by molar-refractivity contribution is -0.142. The normalized spacial score (nSPS) is 22.5. The summed E-state index contributed by atoms with van der Waals surface area (Å²) in [7, 11) is 0. The molecule has 0 bridgehead atoms. The molecule has 0 saturated heterocycles. The number of hydrogen-bond acceptors (Lipinski definition) is 2. The van der Waals surface area contributed by atoms with Crippen LogP contribution in [0.25, 0.3) is 0 Å². The van der Waals surface area contributed by atoms with Crippen molar-refractivity contribution in [3.8, 4) is 0 Å². The molecule has 0 amide bonds. The van der Waals surface area contributed by atoms with Gasteiger partial charge in [-0.05, 0) is 18.4 Å². The van der Waals surface area contributed by atoms with Gasteiger partial charge >= 0.3 is 5.97 Å². The maximum atomic E-state index is 11.0. The van der Waals surface area contributed by atoms with Gasteiger partial charge in [0.25, 0.3) is 0 Å². The van der Waals surface area contributed by atoms with E-state index in [4.69, 9.17) is 5.11 Å². The molecule has 2 rings (SSSR count). The minimum atomic E-state index is -0.805. The number of hydrogen-bond donors (Lipinski definition) is 2. The molecule has 1 aromatic carbocycles. The molecule has 3 heteroatoms. The predicted octanol–water partition coefficient (Wildman–Crippen LogP) is 4.70. The summed E-state index contributed by atoms with van der Waals surface area (Å²) in [5.41, 5.74) is 0.926. The summed E-state index contributed by atoms with van der Waals surface area (Å²) in [6.45, 7) is 12.0. The highest BCUT2D eigenvalue weighted by atomic mass is 16.4. The molecule has 3 unspecified atom stereocenters. The number of benzene rings is 1. The summed E-state index contributed by atoms with van der Waals surface area (Å²) < 4.78 is 0. The van der Waals surface area contributed by atoms with Gasteiger partial charge in [-0.25, -0.2) is 0 Å². The van der Waals surface area contributed by atoms with Crippen LogP contribution in [-0.2, 0) is 4.79 Å². The van der Waals surface area contributed by atoms with Crippen LogP contribution >= 0.6 is 0 Å². The molecule has 3 atom stereocenters. The Bertz CT molecular complexity index is 349. The van der Waals surface area contributed by atoms with Crippen molar-refractivity contribution in [2.24, 2.45) is 5.92 Å². The summed E-state index contributed by atoms with van der Waals surface area (Å²) in [5, 5.41) is 18.8. The molecule has 0 heterocycles. The molecular weight excluding hydrogens is 264 g/mol. The second-order valence-corrected chi connectivity index (χ2v) is 4.03. The van der Waals surface area contributed by atoms with E-state index in [0.29, 0.717) is 12.8 Å². The van der Waals surface area contributed by atoms with E-state index < -0.39 is 18.0 Å². The molecule has 1 fully saturated rings. The molecule has 1 saturated carbocycles. The lowest BCUT2D eigenvalue weighted by Crippen LogP contribution is -2.22. The molecule has 0 spiro atoms. The Hall–Kier alpha value is -1.35. The minimum absolute atomic E-state index is 0.247. The van der Waals surface area contributed by atoms with Crippen LogP contribution in [0.15, 0.2) is 30.3 Å². The van der Waals surface area contributed by atoms with Crippen molar-refractivity contribution in [3.63, 3.8) is 0 Å². The third-order valence-electron chi connectivity index (χ3n) is 3.12. The van der Waals surface area contributed by atoms with Gasteiger partial charge in [0.2, 0.25) is 0 Å². The fourth-order valence-electron chi connectivity index (χ4n) is 2.38. The lowest BCUT2D eigenvalue weighted by Gasteiger charge is -2.19. The molecule has 1 aliphatic rings. The Labute approximate surface area is 130 Å². The Morgan fingerprint density at radius 2 is 1.43 bits per heavy atom. The fraction of sp³-hybridized carbons (Fsp3) is 0.611. The number of carboxylic acids is 1. The second kappa shape index (κ2) is 13.6. The average molecular weight is 296 g/mol. The number of aliphatic hydroxyl groups is 1. The maximum Gasteiger partial charge on any atom is 0.307 e. The third kappa shape index (κ3) is 6.76. The first-order chi connectivity index (χ1) is 10.2. The van der Waals surface area contributed by atoms with Crippen molar-refractivity contribution in [2.75, 3.05) is 0 Å². The highest BCUT2D eigenvalue weighted by molar-refractivity contribution is 5.72. The van der Waals surface area contributed by atoms with E-state index in [1.54, 1.807) is 0 Å². The summed E-state index contributed by atoms with van der Waals surface area (Å²) in [6, 6.07) is 9.41. The maximum absolute atomic E-state index is 11.0. The van der Waals surface area contributed by atoms with Crippen LogP contribution < -0.4 is 0 Å². The van der Waals surface area contributed by atoms with Gasteiger partial charge in [-0.2, -0.15) is 0 Å². The first-order valence-electron chi connectivity index (χ1n) is 8.16. The highest BCUT2D eigenvalue weighted by Crippen LogP contribution is 2.39. The van der Waals surface area contributed by atoms with Gasteiger partial charge in [-0.1, -0.05) is 71.9 Å². The SMILES string of the molecule is CC.CC.CC.O=C(O)C1CCC(O)C1c1ccccc1. The molecule has 1 aromatic rings. The van der Waals surface area contributed by atoms with Crippen molar-refractivity contribution in [3.05, 3.63) is 35.9 Å². The number of carboxylic acid groups (broad SMARTS) is 1. The first kappa shape index (κ1) is 21.9. The third-order valence-corrected chi connectivity index (χ3v) is 3.12. The number of aliphatic hydroxyl groups excluding tert-OH is 1. The Kier molecular flexibility index (Phi) is 14.2. The topological polar surface area (TPSA) is 57.5 Å². The van der Waals surface area contributed by atoms with Gasteiger partial charge in [0.05, 0.1) is 12.0 Å². The van der Waals surface area contributed by atoms with Crippen LogP contribution in [0.1, 0.15) is 65.9 Å². The second-order valence-electron chi connectivity index (χ2n) is 4.03. The van der Waals surface area contributed by atoms with Crippen molar-refractivity contribution in [1.29, 1.82) is 0 Å². The quantitative estimate of drug-likeness (QED) is 0.831. The fourth-order valence-corrected chi connectivity index (χ4v) is 2.38. The Morgan fingerprint density at radius 1 is 0.952 bits per heavy atom. The summed E-state index contributed by atoms with van der Waals surface area (Å²) >= 11 is 0. The van der Waals surface area contributed by atoms with Crippen LogP contribution in [0.3, 0.4) is 0 Å². The van der Waals surface area contributed by atoms with Gasteiger partial charge in [0.15, 0.2) is 0 Å². The van der Waals surface area contributed by atoms with Crippen molar-refractivity contribution < 1.29 is 15.0 Å². The zero-order valence-corrected chi connectivity index (χ0v) is 14.3. The van der Waals surface area contributed by atoms with Crippen molar-refractivity contribution in [2.45, 2.75) is 66.4 Å². The smallest absolute Gasteiger partial charge is 0.307 e. The number of rotatable bonds is 2. The van der Waals surface area contributed by atoms with Crippen molar-refractivity contribution >= 4 is 5.97 Å². The summed E-state index contributed by atoms with van der Waals surface area (Å²) in [5.74, 6) is -1.49. The molecule has 3 nitrogen and oxygen atoms in total. The van der Waals surface area contributed by atoms with Crippen molar-refractivity contribution in [1.82, 2.24) is 0 Å². The molecular formula is C18H32O3. The molecule has 0 aliphatic heterocycles. The standard InChI is InChI=1S/C12H14O3.3C2H6/c13-10-7-6-9(12(14)15)11(10)8-4-2-1-3-5-8;3*1-2/h1-5,9-11,13H,6-7H2,(H,14,15);3*1-2H3. The summed E-state index contributed by atoms with van der Waals surface area (Å²) in [4.78, 5) is 11.0. The number of aliphatic carboxylic acids is 1. The van der Waals surface area contributed by atoms with E-state index in [0.717, 1.165) is 5.56 Å². The monoisotopic (exact) mass is 296 g/mol. The highest BCUT2D eigenvalue weighted by Gasteiger charge is 2.40. The van der Waals surface area contributed by atoms with Crippen LogP contribution in [0.2, 0.25) is 0 Å². The van der Waals surface area contributed by atoms with Gasteiger partial charge in [-0.15, -0.1) is 0 Å². The van der Waals surface area contributed by atoms with Crippen LogP contribution in [-0.4, -0.2) is 22.3 Å². The van der Waals surface area contributed by atoms with E-state index in [2.05, 4.69) is 0 Å². The molecule has 0 aromatic heterocycles. The zero-order chi connectivity index (χ0) is 16.8. The Morgan fingerprint density at radius 3 is 1.86 bits per heavy atom. The molecule has 2 N–H and O–H groups in total. The Balaban J connectivity index is 0. The minimum Gasteiger partial charge on any atom is -0.481 e. The van der Waals surface area contributed by atoms with Gasteiger partial charge in [0.1, 0.15) is 0 Å². The zero-order valence-electron chi connectivity index (χ0n) is 14.3. The van der Waals surface area contributed by atoms with E-state index in [-0.39, 0.29) is 5.92 Å². The van der Waals surface area contributed by atoms with E-state index in [9.17, 15) is 9.90 Å². The van der Waals surface area contributed by atoms with Crippen LogP contribution in [0, 0.1) is 5.92 Å². The summed E-state index contributed by atoms with van der Waals surface area (Å²) in [6.07, 6.45) is 0.626. The van der Waals surface area contributed by atoms with E-state index >= 15 is 0 Å². The lowest BCUT2D eigenvalue weighted by atomic mass is 9.88. The predicted molar refractivity (Wildman–Crippen MR) is 89.6 cm³/mol. The molecule has 21 heavy (non-hydrogen) atoms. The largest absolute Gasteiger partial charge is 0.481 e. The molecule has 122 valence electrons. The van der Waals surface area contributed by atoms with E-state index in [1.165, 1.54) is 0 Å². The molecule has 0 radical (unpaired) electrons.